The lowest BCUT2D eigenvalue weighted by molar-refractivity contribution is 0.182. The van der Waals surface area contributed by atoms with Gasteiger partial charge in [-0.05, 0) is 43.9 Å². The van der Waals surface area contributed by atoms with E-state index in [2.05, 4.69) is 10.3 Å². The fourth-order valence-corrected chi connectivity index (χ4v) is 5.43. The summed E-state index contributed by atoms with van der Waals surface area (Å²) in [6, 6.07) is 0.559. The molecule has 150 valence electrons. The van der Waals surface area contributed by atoms with Gasteiger partial charge in [-0.1, -0.05) is 0 Å². The molecule has 1 aliphatic carbocycles. The number of thioether (sulfide) groups is 1. The predicted octanol–water partition coefficient (Wildman–Crippen LogP) is 2.13. The number of carboxylic acid groups (broad SMARTS) is 1. The summed E-state index contributed by atoms with van der Waals surface area (Å²) >= 11 is 1.74. The Kier molecular flexibility index (Phi) is 5.13. The van der Waals surface area contributed by atoms with Crippen LogP contribution in [0.25, 0.3) is 11.0 Å². The van der Waals surface area contributed by atoms with Crippen LogP contribution in [0.15, 0.2) is 21.9 Å². The van der Waals surface area contributed by atoms with Crippen LogP contribution in [0.3, 0.4) is 0 Å². The minimum Gasteiger partial charge on any atom is -0.465 e. The lowest BCUT2D eigenvalue weighted by Gasteiger charge is -2.30. The van der Waals surface area contributed by atoms with E-state index in [0.29, 0.717) is 25.7 Å². The SMILES string of the molecule is O=C(O)N[C@H]1CC[C@@H](n2c(=O)c3cc(F)cnc3n(C3CCSC3)c2=O)CC1. The van der Waals surface area contributed by atoms with Crippen LogP contribution in [0.2, 0.25) is 0 Å². The first-order valence-electron chi connectivity index (χ1n) is 9.35. The van der Waals surface area contributed by atoms with Gasteiger partial charge in [0.2, 0.25) is 0 Å². The molecule has 2 fully saturated rings. The molecule has 1 saturated carbocycles. The van der Waals surface area contributed by atoms with E-state index in [4.69, 9.17) is 5.11 Å². The van der Waals surface area contributed by atoms with Gasteiger partial charge in [0.05, 0.1) is 17.6 Å². The number of carbonyl (C=O) groups is 1. The summed E-state index contributed by atoms with van der Waals surface area (Å²) in [5.41, 5.74) is -0.691. The zero-order valence-corrected chi connectivity index (χ0v) is 16.0. The Balaban J connectivity index is 1.79. The normalized spacial score (nSPS) is 25.1. The molecule has 0 radical (unpaired) electrons. The monoisotopic (exact) mass is 408 g/mol. The fourth-order valence-electron chi connectivity index (χ4n) is 4.23. The van der Waals surface area contributed by atoms with Crippen LogP contribution in [-0.4, -0.2) is 42.9 Å². The first-order valence-corrected chi connectivity index (χ1v) is 10.5. The van der Waals surface area contributed by atoms with E-state index in [1.54, 1.807) is 16.3 Å². The zero-order valence-electron chi connectivity index (χ0n) is 15.1. The molecule has 1 atom stereocenters. The third-order valence-corrected chi connectivity index (χ3v) is 6.73. The quantitative estimate of drug-likeness (QED) is 0.806. The zero-order chi connectivity index (χ0) is 19.8. The van der Waals surface area contributed by atoms with E-state index < -0.39 is 23.2 Å². The van der Waals surface area contributed by atoms with Crippen molar-refractivity contribution in [2.45, 2.75) is 50.2 Å². The first kappa shape index (κ1) is 19.0. The van der Waals surface area contributed by atoms with Crippen molar-refractivity contribution in [1.29, 1.82) is 0 Å². The van der Waals surface area contributed by atoms with Gasteiger partial charge in [0.1, 0.15) is 11.5 Å². The standard InChI is InChI=1S/C18H21FN4O4S/c19-10-7-14-15(20-8-10)22(13-5-6-28-9-13)18(27)23(16(14)24)12-3-1-11(2-4-12)21-17(25)26/h7-8,11-13,21H,1-6,9H2,(H,25,26)/t11-,12+,13?. The van der Waals surface area contributed by atoms with Crippen molar-refractivity contribution in [2.75, 3.05) is 11.5 Å². The van der Waals surface area contributed by atoms with Gasteiger partial charge in [0, 0.05) is 17.8 Å². The van der Waals surface area contributed by atoms with E-state index in [1.807, 2.05) is 0 Å². The number of hydrogen-bond acceptors (Lipinski definition) is 5. The van der Waals surface area contributed by atoms with Crippen molar-refractivity contribution < 1.29 is 14.3 Å². The molecule has 0 bridgehead atoms. The van der Waals surface area contributed by atoms with E-state index in [9.17, 15) is 18.8 Å². The number of rotatable bonds is 3. The molecule has 1 aliphatic heterocycles. The molecule has 1 saturated heterocycles. The molecular formula is C18H21FN4O4S. The molecule has 2 aromatic heterocycles. The topological polar surface area (TPSA) is 106 Å². The summed E-state index contributed by atoms with van der Waals surface area (Å²) in [5.74, 6) is 1.06. The van der Waals surface area contributed by atoms with Crippen LogP contribution in [0, 0.1) is 5.82 Å². The van der Waals surface area contributed by atoms with Gasteiger partial charge in [-0.3, -0.25) is 13.9 Å². The maximum absolute atomic E-state index is 13.8. The van der Waals surface area contributed by atoms with Gasteiger partial charge in [0.15, 0.2) is 0 Å². The molecule has 10 heteroatoms. The van der Waals surface area contributed by atoms with Gasteiger partial charge >= 0.3 is 11.8 Å². The molecule has 2 N–H and O–H groups in total. The smallest absolute Gasteiger partial charge is 0.404 e. The minimum absolute atomic E-state index is 0.0742. The Morgan fingerprint density at radius 2 is 1.93 bits per heavy atom. The number of amides is 1. The molecule has 3 heterocycles. The predicted molar refractivity (Wildman–Crippen MR) is 104 cm³/mol. The molecule has 1 unspecified atom stereocenters. The summed E-state index contributed by atoms with van der Waals surface area (Å²) in [7, 11) is 0. The highest BCUT2D eigenvalue weighted by Gasteiger charge is 2.30. The highest BCUT2D eigenvalue weighted by Crippen LogP contribution is 2.30. The Morgan fingerprint density at radius 1 is 1.18 bits per heavy atom. The van der Waals surface area contributed by atoms with Crippen molar-refractivity contribution in [3.05, 3.63) is 38.9 Å². The maximum Gasteiger partial charge on any atom is 0.404 e. The lowest BCUT2D eigenvalue weighted by Crippen LogP contribution is -2.46. The Labute approximate surface area is 163 Å². The summed E-state index contributed by atoms with van der Waals surface area (Å²) < 4.78 is 16.6. The van der Waals surface area contributed by atoms with E-state index in [-0.39, 0.29) is 29.2 Å². The molecule has 4 rings (SSSR count). The van der Waals surface area contributed by atoms with E-state index in [0.717, 1.165) is 30.2 Å². The number of nitrogens with zero attached hydrogens (tertiary/aromatic N) is 3. The number of halogens is 1. The van der Waals surface area contributed by atoms with Crippen LogP contribution >= 0.6 is 11.8 Å². The largest absolute Gasteiger partial charge is 0.465 e. The van der Waals surface area contributed by atoms with Crippen molar-refractivity contribution >= 4 is 28.9 Å². The third-order valence-electron chi connectivity index (χ3n) is 5.58. The van der Waals surface area contributed by atoms with Crippen molar-refractivity contribution in [1.82, 2.24) is 19.4 Å². The van der Waals surface area contributed by atoms with Crippen LogP contribution < -0.4 is 16.6 Å². The van der Waals surface area contributed by atoms with E-state index >= 15 is 0 Å². The second-order valence-corrected chi connectivity index (χ2v) is 8.47. The Hall–Kier alpha value is -2.36. The van der Waals surface area contributed by atoms with Gasteiger partial charge < -0.3 is 10.4 Å². The second kappa shape index (κ2) is 7.57. The summed E-state index contributed by atoms with van der Waals surface area (Å²) in [4.78, 5) is 41.3. The Bertz CT molecular complexity index is 1020. The number of aromatic nitrogens is 3. The van der Waals surface area contributed by atoms with Crippen LogP contribution in [0.1, 0.15) is 44.2 Å². The van der Waals surface area contributed by atoms with Gasteiger partial charge in [-0.15, -0.1) is 0 Å². The second-order valence-electron chi connectivity index (χ2n) is 7.32. The number of nitrogens with one attached hydrogen (secondary N) is 1. The van der Waals surface area contributed by atoms with E-state index in [1.165, 1.54) is 4.57 Å². The molecular weight excluding hydrogens is 387 g/mol. The molecule has 28 heavy (non-hydrogen) atoms. The fraction of sp³-hybridized carbons (Fsp3) is 0.556. The first-order chi connectivity index (χ1) is 13.5. The summed E-state index contributed by atoms with van der Waals surface area (Å²) in [6.07, 6.45) is 2.86. The third kappa shape index (κ3) is 3.41. The van der Waals surface area contributed by atoms with Crippen LogP contribution in [0.5, 0.6) is 0 Å². The number of hydrogen-bond donors (Lipinski definition) is 2. The minimum atomic E-state index is -1.08. The van der Waals surface area contributed by atoms with Crippen molar-refractivity contribution in [2.24, 2.45) is 0 Å². The molecule has 0 aromatic carbocycles. The molecule has 0 spiro atoms. The van der Waals surface area contributed by atoms with Crippen molar-refractivity contribution in [3.8, 4) is 0 Å². The maximum atomic E-state index is 13.8. The molecule has 2 aromatic rings. The lowest BCUT2D eigenvalue weighted by atomic mass is 9.91. The average molecular weight is 408 g/mol. The van der Waals surface area contributed by atoms with Crippen molar-refractivity contribution in [3.63, 3.8) is 0 Å². The van der Waals surface area contributed by atoms with Gasteiger partial charge in [-0.25, -0.2) is 19.0 Å². The van der Waals surface area contributed by atoms with Gasteiger partial charge in [-0.2, -0.15) is 11.8 Å². The Morgan fingerprint density at radius 3 is 2.57 bits per heavy atom. The average Bonchev–Trinajstić information content (AvgIpc) is 3.18. The van der Waals surface area contributed by atoms with Crippen LogP contribution in [0.4, 0.5) is 9.18 Å². The highest BCUT2D eigenvalue weighted by molar-refractivity contribution is 7.99. The molecule has 8 nitrogen and oxygen atoms in total. The molecule has 2 aliphatic rings. The molecule has 1 amide bonds. The van der Waals surface area contributed by atoms with Gasteiger partial charge in [0.25, 0.3) is 5.56 Å². The highest BCUT2D eigenvalue weighted by atomic mass is 32.2. The van der Waals surface area contributed by atoms with Crippen LogP contribution in [-0.2, 0) is 0 Å². The summed E-state index contributed by atoms with van der Waals surface area (Å²) in [5, 5.41) is 11.4. The summed E-state index contributed by atoms with van der Waals surface area (Å²) in [6.45, 7) is 0. The number of pyridine rings is 1. The number of fused-ring (bicyclic) bond motifs is 1.